The van der Waals surface area contributed by atoms with Gasteiger partial charge in [-0.15, -0.1) is 0 Å². The number of H-pyrrole nitrogens is 1. The van der Waals surface area contributed by atoms with Crippen molar-refractivity contribution in [1.82, 2.24) is 29.3 Å². The number of fused-ring (bicyclic) bond motifs is 2. The van der Waals surface area contributed by atoms with Crippen LogP contribution in [0.15, 0.2) is 29.3 Å². The Morgan fingerprint density at radius 1 is 1.14 bits per heavy atom. The molecule has 1 unspecified atom stereocenters. The number of carbonyl (C=O) groups excluding carboxylic acids is 3. The molecule has 0 saturated carbocycles. The molecule has 5 rings (SSSR count). The third kappa shape index (κ3) is 4.19. The number of hydrogen-bond acceptors (Lipinski definition) is 6. The first-order chi connectivity index (χ1) is 17.4. The molecule has 1 aromatic heterocycles. The van der Waals surface area contributed by atoms with Crippen LogP contribution < -0.4 is 5.32 Å². The molecule has 3 aliphatic rings. The minimum atomic E-state index is -4.08. The molecular formula is C24H31ClN6O5S. The monoisotopic (exact) mass is 550 g/mol. The van der Waals surface area contributed by atoms with Crippen LogP contribution in [0, 0.1) is 0 Å². The van der Waals surface area contributed by atoms with Crippen molar-refractivity contribution < 1.29 is 22.8 Å². The summed E-state index contributed by atoms with van der Waals surface area (Å²) in [6.07, 6.45) is 1.29. The van der Waals surface area contributed by atoms with Crippen molar-refractivity contribution in [3.8, 4) is 0 Å². The minimum absolute atomic E-state index is 0.00779. The summed E-state index contributed by atoms with van der Waals surface area (Å²) in [6.45, 7) is 4.22. The number of sulfonamides is 1. The summed E-state index contributed by atoms with van der Waals surface area (Å²) in [5, 5.41) is 3.95. The lowest BCUT2D eigenvalue weighted by Gasteiger charge is -2.51. The Bertz CT molecular complexity index is 1390. The standard InChI is InChI=1S/C24H31ClN6O5S/c1-16(32)26-13-24-15-30(37(35,36)21-11-18-10-19(25)4-5-20(18)27-21)12-22(34)31(24)14-23(28(24)3)6-8-29(9-7-23)17(2)33/h4-5,10-11,27H,6-9,12-15H2,1-3H3,(H,26,32). The Balaban J connectivity index is 1.51. The Kier molecular flexibility index (Phi) is 6.29. The lowest BCUT2D eigenvalue weighted by Crippen LogP contribution is -2.71. The topological polar surface area (TPSA) is 126 Å². The molecule has 3 aliphatic heterocycles. The number of benzene rings is 1. The number of aromatic amines is 1. The average Bonchev–Trinajstić information content (AvgIpc) is 3.37. The second-order valence-corrected chi connectivity index (χ2v) is 12.6. The van der Waals surface area contributed by atoms with E-state index in [9.17, 15) is 22.8 Å². The zero-order valence-corrected chi connectivity index (χ0v) is 22.7. The lowest BCUT2D eigenvalue weighted by atomic mass is 9.86. The van der Waals surface area contributed by atoms with Crippen molar-refractivity contribution in [3.05, 3.63) is 29.3 Å². The maximum Gasteiger partial charge on any atom is 0.259 e. The fourth-order valence-corrected chi connectivity index (χ4v) is 7.68. The van der Waals surface area contributed by atoms with Crippen LogP contribution in [-0.4, -0.2) is 108 Å². The Labute approximate surface area is 220 Å². The molecule has 37 heavy (non-hydrogen) atoms. The quantitative estimate of drug-likeness (QED) is 0.580. The third-order valence-electron chi connectivity index (χ3n) is 8.27. The molecule has 0 bridgehead atoms. The molecule has 0 aliphatic carbocycles. The maximum atomic E-state index is 13.8. The fraction of sp³-hybridized carbons (Fsp3) is 0.542. The number of halogens is 1. The molecule has 1 atom stereocenters. The number of likely N-dealkylation sites (tertiary alicyclic amines) is 1. The zero-order chi connectivity index (χ0) is 26.8. The number of hydrogen-bond donors (Lipinski definition) is 2. The van der Waals surface area contributed by atoms with Gasteiger partial charge in [0.25, 0.3) is 10.0 Å². The second kappa shape index (κ2) is 8.97. The molecule has 3 saturated heterocycles. The van der Waals surface area contributed by atoms with Crippen molar-refractivity contribution in [2.24, 2.45) is 0 Å². The van der Waals surface area contributed by atoms with Crippen LogP contribution in [-0.2, 0) is 24.4 Å². The van der Waals surface area contributed by atoms with Crippen molar-refractivity contribution in [3.63, 3.8) is 0 Å². The van der Waals surface area contributed by atoms with E-state index >= 15 is 0 Å². The van der Waals surface area contributed by atoms with Crippen molar-refractivity contribution in [2.45, 2.75) is 42.9 Å². The van der Waals surface area contributed by atoms with E-state index in [1.807, 2.05) is 7.05 Å². The molecule has 200 valence electrons. The summed E-state index contributed by atoms with van der Waals surface area (Å²) in [5.41, 5.74) is -0.880. The predicted octanol–water partition coefficient (Wildman–Crippen LogP) is 0.813. The van der Waals surface area contributed by atoms with Crippen molar-refractivity contribution in [1.29, 1.82) is 0 Å². The van der Waals surface area contributed by atoms with Crippen LogP contribution >= 0.6 is 11.6 Å². The van der Waals surface area contributed by atoms with Gasteiger partial charge >= 0.3 is 0 Å². The van der Waals surface area contributed by atoms with Gasteiger partial charge in [-0.2, -0.15) is 4.31 Å². The highest BCUT2D eigenvalue weighted by molar-refractivity contribution is 7.89. The van der Waals surface area contributed by atoms with Crippen LogP contribution in [0.2, 0.25) is 5.02 Å². The van der Waals surface area contributed by atoms with E-state index < -0.39 is 21.2 Å². The highest BCUT2D eigenvalue weighted by Gasteiger charge is 2.63. The molecule has 2 aromatic rings. The van der Waals surface area contributed by atoms with Gasteiger partial charge in [0.05, 0.1) is 19.6 Å². The molecule has 11 nitrogen and oxygen atoms in total. The number of likely N-dealkylation sites (N-methyl/N-ethyl adjacent to an activating group) is 1. The SMILES string of the molecule is CC(=O)NCC12CN(S(=O)(=O)c3cc4cc(Cl)ccc4[nH]3)CC(=O)N1CC1(CCN(C(C)=O)CC1)N2C. The van der Waals surface area contributed by atoms with Gasteiger partial charge in [0.1, 0.15) is 10.7 Å². The first-order valence-electron chi connectivity index (χ1n) is 12.2. The zero-order valence-electron chi connectivity index (χ0n) is 21.1. The second-order valence-electron chi connectivity index (χ2n) is 10.3. The van der Waals surface area contributed by atoms with E-state index in [1.165, 1.54) is 17.3 Å². The van der Waals surface area contributed by atoms with Crippen LogP contribution in [0.25, 0.3) is 10.9 Å². The Morgan fingerprint density at radius 2 is 1.84 bits per heavy atom. The Morgan fingerprint density at radius 3 is 2.49 bits per heavy atom. The molecule has 0 radical (unpaired) electrons. The van der Waals surface area contributed by atoms with Crippen LogP contribution in [0.3, 0.4) is 0 Å². The summed E-state index contributed by atoms with van der Waals surface area (Å²) < 4.78 is 28.8. The number of aromatic nitrogens is 1. The van der Waals surface area contributed by atoms with Crippen LogP contribution in [0.5, 0.6) is 0 Å². The lowest BCUT2D eigenvalue weighted by molar-refractivity contribution is -0.147. The average molecular weight is 551 g/mol. The molecule has 1 aromatic carbocycles. The molecular weight excluding hydrogens is 520 g/mol. The maximum absolute atomic E-state index is 13.8. The first-order valence-corrected chi connectivity index (χ1v) is 14.0. The number of nitrogens with one attached hydrogen (secondary N) is 2. The summed E-state index contributed by atoms with van der Waals surface area (Å²) in [4.78, 5) is 46.0. The van der Waals surface area contributed by atoms with Gasteiger partial charge in [-0.05, 0) is 44.2 Å². The van der Waals surface area contributed by atoms with Crippen molar-refractivity contribution >= 4 is 50.2 Å². The number of carbonyl (C=O) groups is 3. The molecule has 4 heterocycles. The first kappa shape index (κ1) is 26.0. The van der Waals surface area contributed by atoms with Crippen LogP contribution in [0.4, 0.5) is 0 Å². The number of piperidine rings is 1. The number of amides is 3. The largest absolute Gasteiger partial charge is 0.353 e. The Hall–Kier alpha value is -2.67. The summed E-state index contributed by atoms with van der Waals surface area (Å²) in [6, 6.07) is 6.58. The summed E-state index contributed by atoms with van der Waals surface area (Å²) >= 11 is 6.08. The molecule has 3 amide bonds. The van der Waals surface area contributed by atoms with Gasteiger partial charge in [-0.1, -0.05) is 11.6 Å². The number of rotatable bonds is 4. The normalized spacial score (nSPS) is 24.6. The smallest absolute Gasteiger partial charge is 0.259 e. The van der Waals surface area contributed by atoms with E-state index in [0.717, 1.165) is 0 Å². The number of piperazine rings is 1. The van der Waals surface area contributed by atoms with Gasteiger partial charge in [-0.3, -0.25) is 19.3 Å². The molecule has 3 fully saturated rings. The van der Waals surface area contributed by atoms with Gasteiger partial charge in [-0.25, -0.2) is 8.42 Å². The molecule has 13 heteroatoms. The van der Waals surface area contributed by atoms with Crippen LogP contribution in [0.1, 0.15) is 26.7 Å². The van der Waals surface area contributed by atoms with E-state index in [0.29, 0.717) is 48.4 Å². The summed E-state index contributed by atoms with van der Waals surface area (Å²) in [7, 11) is -2.19. The number of nitrogens with zero attached hydrogens (tertiary/aromatic N) is 4. The van der Waals surface area contributed by atoms with E-state index in [2.05, 4.69) is 15.2 Å². The van der Waals surface area contributed by atoms with Gasteiger partial charge in [0.15, 0.2) is 0 Å². The van der Waals surface area contributed by atoms with Gasteiger partial charge < -0.3 is 20.1 Å². The molecule has 1 spiro atoms. The fourth-order valence-electron chi connectivity index (χ4n) is 6.05. The predicted molar refractivity (Wildman–Crippen MR) is 137 cm³/mol. The van der Waals surface area contributed by atoms with E-state index in [-0.39, 0.29) is 42.4 Å². The highest BCUT2D eigenvalue weighted by atomic mass is 35.5. The highest BCUT2D eigenvalue weighted by Crippen LogP contribution is 2.45. The van der Waals surface area contributed by atoms with Gasteiger partial charge in [0.2, 0.25) is 17.7 Å². The summed E-state index contributed by atoms with van der Waals surface area (Å²) in [5.74, 6) is -0.582. The van der Waals surface area contributed by atoms with E-state index in [4.69, 9.17) is 11.6 Å². The van der Waals surface area contributed by atoms with Gasteiger partial charge in [0, 0.05) is 54.9 Å². The minimum Gasteiger partial charge on any atom is -0.353 e. The van der Waals surface area contributed by atoms with Crippen molar-refractivity contribution in [2.75, 3.05) is 46.3 Å². The third-order valence-corrected chi connectivity index (χ3v) is 10.2. The van der Waals surface area contributed by atoms with E-state index in [1.54, 1.807) is 34.9 Å². The molecule has 2 N–H and O–H groups in total.